The van der Waals surface area contributed by atoms with Gasteiger partial charge in [0.2, 0.25) is 0 Å². The minimum Gasteiger partial charge on any atom is -0.463 e. The second-order valence-corrected chi connectivity index (χ2v) is 3.66. The van der Waals surface area contributed by atoms with Crippen molar-refractivity contribution in [1.29, 1.82) is 0 Å². The van der Waals surface area contributed by atoms with Crippen LogP contribution in [0.1, 0.15) is 16.2 Å². The van der Waals surface area contributed by atoms with E-state index in [2.05, 4.69) is 36.7 Å². The summed E-state index contributed by atoms with van der Waals surface area (Å²) in [6.07, 6.45) is 4.42. The summed E-state index contributed by atoms with van der Waals surface area (Å²) in [5.74, 6) is 0.177. The Morgan fingerprint density at radius 1 is 1.69 bits per heavy atom. The number of H-pyrrole nitrogens is 1. The predicted octanol–water partition coefficient (Wildman–Crippen LogP) is 1.53. The Balaban J connectivity index is 1.97. The number of aromatic amines is 1. The maximum Gasteiger partial charge on any atom is 0.290 e. The molecule has 0 spiro atoms. The minimum absolute atomic E-state index is 0.316. The lowest BCUT2D eigenvalue weighted by molar-refractivity contribution is 0.0949. The fourth-order valence-electron chi connectivity index (χ4n) is 1.01. The first-order valence-electron chi connectivity index (χ1n) is 4.33. The van der Waals surface area contributed by atoms with Crippen LogP contribution in [0.5, 0.6) is 0 Å². The van der Waals surface area contributed by atoms with Crippen LogP contribution in [0.3, 0.4) is 0 Å². The molecule has 16 heavy (non-hydrogen) atoms. The number of hydrogen-bond acceptors (Lipinski definition) is 4. The molecule has 1 amide bonds. The molecule has 2 rings (SSSR count). The molecule has 2 heterocycles. The van der Waals surface area contributed by atoms with Crippen LogP contribution in [0.15, 0.2) is 38.6 Å². The third-order valence-corrected chi connectivity index (χ3v) is 2.32. The van der Waals surface area contributed by atoms with Gasteiger partial charge in [0, 0.05) is 0 Å². The van der Waals surface area contributed by atoms with Crippen LogP contribution >= 0.6 is 15.9 Å². The summed E-state index contributed by atoms with van der Waals surface area (Å²) in [4.78, 5) is 11.5. The van der Waals surface area contributed by atoms with Crippen molar-refractivity contribution in [2.75, 3.05) is 0 Å². The standard InChI is InChI=1S/C9H7BrN4O2/c10-7-5-12-13-8(7)9(15)14-11-4-6-2-1-3-16-6/h1-5H,(H,12,13)(H,14,15)/b11-4+. The normalized spacial score (nSPS) is 10.8. The van der Waals surface area contributed by atoms with Crippen molar-refractivity contribution in [1.82, 2.24) is 15.6 Å². The SMILES string of the molecule is O=C(N/N=C/c1ccco1)c1[nH]ncc1Br. The van der Waals surface area contributed by atoms with Gasteiger partial charge in [0.1, 0.15) is 11.5 Å². The van der Waals surface area contributed by atoms with E-state index in [4.69, 9.17) is 4.42 Å². The minimum atomic E-state index is -0.382. The first kappa shape index (κ1) is 10.6. The lowest BCUT2D eigenvalue weighted by Gasteiger charge is -1.95. The van der Waals surface area contributed by atoms with Gasteiger partial charge >= 0.3 is 0 Å². The Morgan fingerprint density at radius 3 is 3.19 bits per heavy atom. The van der Waals surface area contributed by atoms with Crippen LogP contribution in [0.2, 0.25) is 0 Å². The van der Waals surface area contributed by atoms with Gasteiger partial charge in [0.25, 0.3) is 5.91 Å². The third-order valence-electron chi connectivity index (χ3n) is 1.72. The molecular formula is C9H7BrN4O2. The van der Waals surface area contributed by atoms with Gasteiger partial charge in [-0.2, -0.15) is 10.2 Å². The van der Waals surface area contributed by atoms with Crippen LogP contribution < -0.4 is 5.43 Å². The van der Waals surface area contributed by atoms with E-state index in [0.29, 0.717) is 15.9 Å². The first-order valence-corrected chi connectivity index (χ1v) is 5.12. The molecule has 0 unspecified atom stereocenters. The number of carbonyl (C=O) groups excluding carboxylic acids is 1. The monoisotopic (exact) mass is 282 g/mol. The summed E-state index contributed by atoms with van der Waals surface area (Å²) >= 11 is 3.17. The largest absolute Gasteiger partial charge is 0.463 e. The first-order chi connectivity index (χ1) is 7.77. The van der Waals surface area contributed by atoms with E-state index in [0.717, 1.165) is 0 Å². The second-order valence-electron chi connectivity index (χ2n) is 2.81. The fourth-order valence-corrected chi connectivity index (χ4v) is 1.38. The van der Waals surface area contributed by atoms with E-state index >= 15 is 0 Å². The molecule has 0 bridgehead atoms. The lowest BCUT2D eigenvalue weighted by atomic mass is 10.4. The summed E-state index contributed by atoms with van der Waals surface area (Å²) in [5.41, 5.74) is 2.65. The van der Waals surface area contributed by atoms with Gasteiger partial charge in [-0.3, -0.25) is 9.89 Å². The van der Waals surface area contributed by atoms with Crippen molar-refractivity contribution in [3.63, 3.8) is 0 Å². The molecular weight excluding hydrogens is 276 g/mol. The zero-order valence-corrected chi connectivity index (χ0v) is 9.56. The number of halogens is 1. The fraction of sp³-hybridized carbons (Fsp3) is 0. The van der Waals surface area contributed by atoms with Gasteiger partial charge < -0.3 is 4.42 Å². The smallest absolute Gasteiger partial charge is 0.290 e. The van der Waals surface area contributed by atoms with E-state index < -0.39 is 0 Å². The Labute approximate surface area is 98.9 Å². The number of rotatable bonds is 3. The molecule has 0 aliphatic rings. The molecule has 0 saturated heterocycles. The third kappa shape index (κ3) is 2.37. The highest BCUT2D eigenvalue weighted by Gasteiger charge is 2.10. The predicted molar refractivity (Wildman–Crippen MR) is 60.1 cm³/mol. The lowest BCUT2D eigenvalue weighted by Crippen LogP contribution is -2.18. The molecule has 2 aromatic rings. The summed E-state index contributed by atoms with van der Waals surface area (Å²) in [6, 6.07) is 3.45. The highest BCUT2D eigenvalue weighted by molar-refractivity contribution is 9.10. The molecule has 0 saturated carbocycles. The Kier molecular flexibility index (Phi) is 3.16. The van der Waals surface area contributed by atoms with E-state index in [1.54, 1.807) is 12.1 Å². The van der Waals surface area contributed by atoms with Gasteiger partial charge in [0.15, 0.2) is 0 Å². The van der Waals surface area contributed by atoms with E-state index in [-0.39, 0.29) is 5.91 Å². The number of aromatic nitrogens is 2. The van der Waals surface area contributed by atoms with Crippen LogP contribution in [0, 0.1) is 0 Å². The number of hydrazone groups is 1. The van der Waals surface area contributed by atoms with Crippen LogP contribution in [-0.4, -0.2) is 22.3 Å². The molecule has 2 N–H and O–H groups in total. The van der Waals surface area contributed by atoms with Crippen molar-refractivity contribution in [3.05, 3.63) is 40.5 Å². The Hall–Kier alpha value is -1.89. The second kappa shape index (κ2) is 4.75. The highest BCUT2D eigenvalue weighted by atomic mass is 79.9. The van der Waals surface area contributed by atoms with E-state index in [9.17, 15) is 4.79 Å². The molecule has 6 nitrogen and oxygen atoms in total. The zero-order valence-electron chi connectivity index (χ0n) is 7.98. The number of hydrogen-bond donors (Lipinski definition) is 2. The van der Waals surface area contributed by atoms with Crippen molar-refractivity contribution in [3.8, 4) is 0 Å². The summed E-state index contributed by atoms with van der Waals surface area (Å²) in [7, 11) is 0. The van der Waals surface area contributed by atoms with Crippen molar-refractivity contribution in [2.45, 2.75) is 0 Å². The summed E-state index contributed by atoms with van der Waals surface area (Å²) in [6.45, 7) is 0. The van der Waals surface area contributed by atoms with Gasteiger partial charge in [-0.05, 0) is 28.1 Å². The van der Waals surface area contributed by atoms with Crippen molar-refractivity contribution < 1.29 is 9.21 Å². The average molecular weight is 283 g/mol. The van der Waals surface area contributed by atoms with Crippen molar-refractivity contribution >= 4 is 28.1 Å². The molecule has 0 aromatic carbocycles. The number of amides is 1. The van der Waals surface area contributed by atoms with Gasteiger partial charge in [-0.25, -0.2) is 5.43 Å². The highest BCUT2D eigenvalue weighted by Crippen LogP contribution is 2.11. The van der Waals surface area contributed by atoms with Crippen LogP contribution in [0.25, 0.3) is 0 Å². The van der Waals surface area contributed by atoms with Gasteiger partial charge in [-0.15, -0.1) is 0 Å². The Morgan fingerprint density at radius 2 is 2.56 bits per heavy atom. The maximum absolute atomic E-state index is 11.5. The maximum atomic E-state index is 11.5. The molecule has 2 aromatic heterocycles. The van der Waals surface area contributed by atoms with Crippen LogP contribution in [-0.2, 0) is 0 Å². The quantitative estimate of drug-likeness (QED) is 0.662. The number of furan rings is 1. The summed E-state index contributed by atoms with van der Waals surface area (Å²) in [5, 5.41) is 9.96. The molecule has 7 heteroatoms. The van der Waals surface area contributed by atoms with E-state index in [1.165, 1.54) is 18.7 Å². The molecule has 0 aliphatic heterocycles. The average Bonchev–Trinajstić information content (AvgIpc) is 2.88. The van der Waals surface area contributed by atoms with Crippen molar-refractivity contribution in [2.24, 2.45) is 5.10 Å². The molecule has 0 fully saturated rings. The van der Waals surface area contributed by atoms with E-state index in [1.807, 2.05) is 0 Å². The molecule has 0 aliphatic carbocycles. The number of carbonyl (C=O) groups is 1. The summed E-state index contributed by atoms with van der Waals surface area (Å²) < 4.78 is 5.58. The number of nitrogens with zero attached hydrogens (tertiary/aromatic N) is 2. The van der Waals surface area contributed by atoms with Gasteiger partial charge in [0.05, 0.1) is 23.1 Å². The Bertz CT molecular complexity index is 503. The van der Waals surface area contributed by atoms with Gasteiger partial charge in [-0.1, -0.05) is 0 Å². The number of nitrogens with one attached hydrogen (secondary N) is 2. The molecule has 0 atom stereocenters. The van der Waals surface area contributed by atoms with Crippen LogP contribution in [0.4, 0.5) is 0 Å². The molecule has 0 radical (unpaired) electrons. The zero-order chi connectivity index (χ0) is 11.4. The molecule has 82 valence electrons. The topological polar surface area (TPSA) is 83.3 Å².